The van der Waals surface area contributed by atoms with E-state index in [0.717, 1.165) is 37.9 Å². The number of likely N-dealkylation sites (tertiary alicyclic amines) is 1. The Kier molecular flexibility index (Phi) is 4.27. The van der Waals surface area contributed by atoms with Crippen molar-refractivity contribution >= 4 is 11.6 Å². The summed E-state index contributed by atoms with van der Waals surface area (Å²) in [5.41, 5.74) is 7.66. The van der Waals surface area contributed by atoms with Crippen LogP contribution in [0.3, 0.4) is 0 Å². The summed E-state index contributed by atoms with van der Waals surface area (Å²) in [5, 5.41) is 2.97. The number of amides is 1. The number of anilines is 1. The fourth-order valence-electron chi connectivity index (χ4n) is 3.38. The molecule has 3 rings (SSSR count). The average molecular weight is 287 g/mol. The smallest absolute Gasteiger partial charge is 0.244 e. The van der Waals surface area contributed by atoms with Crippen LogP contribution in [0.5, 0.6) is 0 Å². The molecule has 0 aromatic heterocycles. The van der Waals surface area contributed by atoms with Gasteiger partial charge in [-0.25, -0.2) is 0 Å². The number of carbonyl (C=O) groups is 1. The first-order valence-electron chi connectivity index (χ1n) is 8.07. The van der Waals surface area contributed by atoms with E-state index < -0.39 is 5.54 Å². The second-order valence-corrected chi connectivity index (χ2v) is 6.50. The fraction of sp³-hybridized carbons (Fsp3) is 0.588. The molecule has 4 nitrogen and oxygen atoms in total. The number of nitrogens with two attached hydrogens (primary N) is 1. The molecule has 1 aromatic carbocycles. The Balaban J connectivity index is 1.57. The first kappa shape index (κ1) is 14.5. The average Bonchev–Trinajstić information content (AvgIpc) is 3.13. The van der Waals surface area contributed by atoms with E-state index in [0.29, 0.717) is 0 Å². The summed E-state index contributed by atoms with van der Waals surface area (Å²) in [7, 11) is 0. The number of carbonyl (C=O) groups excluding carboxylic acids is 1. The molecule has 1 aliphatic heterocycles. The van der Waals surface area contributed by atoms with E-state index in [1.165, 1.54) is 31.5 Å². The largest absolute Gasteiger partial charge is 0.324 e. The van der Waals surface area contributed by atoms with Crippen molar-refractivity contribution < 1.29 is 4.79 Å². The number of hydrogen-bond acceptors (Lipinski definition) is 3. The molecule has 21 heavy (non-hydrogen) atoms. The predicted octanol–water partition coefficient (Wildman–Crippen LogP) is 2.49. The van der Waals surface area contributed by atoms with Crippen LogP contribution >= 0.6 is 0 Å². The van der Waals surface area contributed by atoms with Crippen molar-refractivity contribution in [2.24, 2.45) is 5.73 Å². The van der Waals surface area contributed by atoms with Crippen molar-refractivity contribution in [1.29, 1.82) is 0 Å². The Labute approximate surface area is 126 Å². The van der Waals surface area contributed by atoms with Gasteiger partial charge in [0.05, 0.1) is 5.54 Å². The summed E-state index contributed by atoms with van der Waals surface area (Å²) in [6, 6.07) is 8.18. The lowest BCUT2D eigenvalue weighted by molar-refractivity contribution is -0.121. The molecule has 3 N–H and O–H groups in total. The van der Waals surface area contributed by atoms with Crippen molar-refractivity contribution in [2.45, 2.75) is 50.6 Å². The maximum Gasteiger partial charge on any atom is 0.244 e. The third kappa shape index (κ3) is 3.44. The number of rotatable bonds is 4. The summed E-state index contributed by atoms with van der Waals surface area (Å²) >= 11 is 0. The fourth-order valence-corrected chi connectivity index (χ4v) is 3.38. The molecule has 0 bridgehead atoms. The van der Waals surface area contributed by atoms with Crippen LogP contribution in [-0.4, -0.2) is 29.4 Å². The monoisotopic (exact) mass is 287 g/mol. The number of nitrogens with zero attached hydrogens (tertiary/aromatic N) is 1. The topological polar surface area (TPSA) is 58.4 Å². The summed E-state index contributed by atoms with van der Waals surface area (Å²) in [6.07, 6.45) is 6.33. The van der Waals surface area contributed by atoms with Crippen LogP contribution in [0.25, 0.3) is 0 Å². The SMILES string of the molecule is NC1(C(=O)Nc2ccc(CN3CCCC3)cc2)CCCC1. The molecular formula is C17H25N3O. The zero-order valence-electron chi connectivity index (χ0n) is 12.6. The maximum absolute atomic E-state index is 12.3. The number of hydrogen-bond donors (Lipinski definition) is 2. The molecular weight excluding hydrogens is 262 g/mol. The van der Waals surface area contributed by atoms with Gasteiger partial charge in [-0.15, -0.1) is 0 Å². The zero-order valence-corrected chi connectivity index (χ0v) is 12.6. The van der Waals surface area contributed by atoms with Gasteiger partial charge in [0.2, 0.25) is 5.91 Å². The van der Waals surface area contributed by atoms with Crippen LogP contribution in [0.15, 0.2) is 24.3 Å². The third-order valence-corrected chi connectivity index (χ3v) is 4.76. The molecule has 0 spiro atoms. The Morgan fingerprint density at radius 1 is 1.10 bits per heavy atom. The van der Waals surface area contributed by atoms with Gasteiger partial charge in [0.1, 0.15) is 0 Å². The standard InChI is InChI=1S/C17H25N3O/c18-17(9-1-2-10-17)16(21)19-15-7-5-14(6-8-15)13-20-11-3-4-12-20/h5-8H,1-4,9-13,18H2,(H,19,21). The molecule has 1 aliphatic carbocycles. The molecule has 1 aromatic rings. The molecule has 1 saturated carbocycles. The minimum atomic E-state index is -0.659. The van der Waals surface area contributed by atoms with Crippen molar-refractivity contribution in [3.8, 4) is 0 Å². The lowest BCUT2D eigenvalue weighted by atomic mass is 9.98. The van der Waals surface area contributed by atoms with E-state index in [4.69, 9.17) is 5.73 Å². The van der Waals surface area contributed by atoms with Crippen molar-refractivity contribution in [3.05, 3.63) is 29.8 Å². The van der Waals surface area contributed by atoms with Crippen molar-refractivity contribution in [3.63, 3.8) is 0 Å². The summed E-state index contributed by atoms with van der Waals surface area (Å²) in [4.78, 5) is 14.7. The van der Waals surface area contributed by atoms with E-state index in [1.54, 1.807) is 0 Å². The van der Waals surface area contributed by atoms with Gasteiger partial charge in [0, 0.05) is 12.2 Å². The molecule has 0 unspecified atom stereocenters. The molecule has 1 amide bonds. The second-order valence-electron chi connectivity index (χ2n) is 6.50. The van der Waals surface area contributed by atoms with Crippen LogP contribution in [0.2, 0.25) is 0 Å². The van der Waals surface area contributed by atoms with E-state index in [1.807, 2.05) is 12.1 Å². The first-order valence-corrected chi connectivity index (χ1v) is 8.07. The van der Waals surface area contributed by atoms with Crippen LogP contribution in [0.4, 0.5) is 5.69 Å². The molecule has 2 fully saturated rings. The summed E-state index contributed by atoms with van der Waals surface area (Å²) < 4.78 is 0. The van der Waals surface area contributed by atoms with Crippen LogP contribution in [0.1, 0.15) is 44.1 Å². The molecule has 0 atom stereocenters. The van der Waals surface area contributed by atoms with Gasteiger partial charge in [-0.05, 0) is 56.5 Å². The minimum Gasteiger partial charge on any atom is -0.324 e. The van der Waals surface area contributed by atoms with E-state index in [9.17, 15) is 4.79 Å². The van der Waals surface area contributed by atoms with Crippen molar-refractivity contribution in [1.82, 2.24) is 4.90 Å². The van der Waals surface area contributed by atoms with E-state index in [2.05, 4.69) is 22.3 Å². The molecule has 1 heterocycles. The highest BCUT2D eigenvalue weighted by atomic mass is 16.2. The van der Waals surface area contributed by atoms with Crippen LogP contribution < -0.4 is 11.1 Å². The Hall–Kier alpha value is -1.39. The van der Waals surface area contributed by atoms with Crippen molar-refractivity contribution in [2.75, 3.05) is 18.4 Å². The Bertz CT molecular complexity index is 485. The van der Waals surface area contributed by atoms with Crippen LogP contribution in [0, 0.1) is 0 Å². The quantitative estimate of drug-likeness (QED) is 0.894. The van der Waals surface area contributed by atoms with Gasteiger partial charge >= 0.3 is 0 Å². The highest BCUT2D eigenvalue weighted by Gasteiger charge is 2.36. The van der Waals surface area contributed by atoms with E-state index in [-0.39, 0.29) is 5.91 Å². The Morgan fingerprint density at radius 3 is 2.33 bits per heavy atom. The molecule has 4 heteroatoms. The predicted molar refractivity (Wildman–Crippen MR) is 85.0 cm³/mol. The molecule has 0 radical (unpaired) electrons. The maximum atomic E-state index is 12.3. The van der Waals surface area contributed by atoms with Gasteiger partial charge in [-0.1, -0.05) is 25.0 Å². The van der Waals surface area contributed by atoms with Gasteiger partial charge in [0.25, 0.3) is 0 Å². The number of benzene rings is 1. The zero-order chi connectivity index (χ0) is 14.7. The van der Waals surface area contributed by atoms with Gasteiger partial charge in [-0.2, -0.15) is 0 Å². The summed E-state index contributed by atoms with van der Waals surface area (Å²) in [5.74, 6) is -0.0349. The lowest BCUT2D eigenvalue weighted by Gasteiger charge is -2.22. The number of nitrogens with one attached hydrogen (secondary N) is 1. The second kappa shape index (κ2) is 6.16. The normalized spacial score (nSPS) is 21.6. The van der Waals surface area contributed by atoms with Gasteiger partial charge in [-0.3, -0.25) is 9.69 Å². The minimum absolute atomic E-state index is 0.0349. The van der Waals surface area contributed by atoms with Gasteiger partial charge < -0.3 is 11.1 Å². The highest BCUT2D eigenvalue weighted by Crippen LogP contribution is 2.28. The van der Waals surface area contributed by atoms with Crippen LogP contribution in [-0.2, 0) is 11.3 Å². The molecule has 1 saturated heterocycles. The highest BCUT2D eigenvalue weighted by molar-refractivity contribution is 5.98. The van der Waals surface area contributed by atoms with E-state index >= 15 is 0 Å². The molecule has 114 valence electrons. The first-order chi connectivity index (χ1) is 10.2. The summed E-state index contributed by atoms with van der Waals surface area (Å²) in [6.45, 7) is 3.41. The van der Waals surface area contributed by atoms with Gasteiger partial charge in [0.15, 0.2) is 0 Å². The lowest BCUT2D eigenvalue weighted by Crippen LogP contribution is -2.48. The molecule has 2 aliphatic rings. The third-order valence-electron chi connectivity index (χ3n) is 4.76. The Morgan fingerprint density at radius 2 is 1.71 bits per heavy atom.